The van der Waals surface area contributed by atoms with Crippen LogP contribution in [0.15, 0.2) is 18.2 Å². The molecule has 1 aromatic carbocycles. The van der Waals surface area contributed by atoms with E-state index in [-0.39, 0.29) is 18.5 Å². The largest absolute Gasteiger partial charge is 0.493 e. The topological polar surface area (TPSA) is 80.3 Å². The summed E-state index contributed by atoms with van der Waals surface area (Å²) in [6, 6.07) is 5.12. The molecule has 138 valence electrons. The van der Waals surface area contributed by atoms with Crippen LogP contribution in [0.4, 0.5) is 10.5 Å². The zero-order valence-corrected chi connectivity index (χ0v) is 14.9. The summed E-state index contributed by atoms with van der Waals surface area (Å²) in [5.74, 6) is 0.992. The summed E-state index contributed by atoms with van der Waals surface area (Å²) in [6.07, 6.45) is 0.744. The lowest BCUT2D eigenvalue weighted by Crippen LogP contribution is -2.40. The summed E-state index contributed by atoms with van der Waals surface area (Å²) in [7, 11) is 4.73. The van der Waals surface area contributed by atoms with Gasteiger partial charge in [-0.2, -0.15) is 0 Å². The minimum Gasteiger partial charge on any atom is -0.493 e. The van der Waals surface area contributed by atoms with Crippen molar-refractivity contribution in [2.75, 3.05) is 59.0 Å². The third kappa shape index (κ3) is 4.76. The Morgan fingerprint density at radius 2 is 1.92 bits per heavy atom. The van der Waals surface area contributed by atoms with Crippen molar-refractivity contribution in [3.05, 3.63) is 18.2 Å². The van der Waals surface area contributed by atoms with Gasteiger partial charge in [-0.1, -0.05) is 0 Å². The summed E-state index contributed by atoms with van der Waals surface area (Å²) in [6.45, 7) is 2.20. The monoisotopic (exact) mass is 351 g/mol. The highest BCUT2D eigenvalue weighted by atomic mass is 16.5. The minimum atomic E-state index is -0.195. The smallest absolute Gasteiger partial charge is 0.325 e. The molecule has 8 heteroatoms. The number of ether oxygens (including phenoxy) is 3. The fourth-order valence-electron chi connectivity index (χ4n) is 2.64. The molecule has 1 aromatic rings. The number of hydrogen-bond donors (Lipinski definition) is 1. The lowest BCUT2D eigenvalue weighted by Gasteiger charge is -2.19. The van der Waals surface area contributed by atoms with Crippen LogP contribution in [0.5, 0.6) is 11.5 Å². The van der Waals surface area contributed by atoms with Gasteiger partial charge in [-0.25, -0.2) is 4.79 Å². The number of nitrogens with zero attached hydrogens (tertiary/aromatic N) is 2. The van der Waals surface area contributed by atoms with E-state index >= 15 is 0 Å². The average Bonchev–Trinajstić information content (AvgIpc) is 2.98. The number of benzene rings is 1. The van der Waals surface area contributed by atoms with E-state index < -0.39 is 0 Å². The number of amides is 3. The van der Waals surface area contributed by atoms with Gasteiger partial charge in [0, 0.05) is 45.1 Å². The third-order valence-corrected chi connectivity index (χ3v) is 3.96. The Balaban J connectivity index is 1.94. The van der Waals surface area contributed by atoms with Crippen LogP contribution in [0.2, 0.25) is 0 Å². The lowest BCUT2D eigenvalue weighted by molar-refractivity contribution is -0.121. The normalized spacial score (nSPS) is 14.0. The molecule has 0 spiro atoms. The molecule has 1 saturated heterocycles. The highest BCUT2D eigenvalue weighted by Crippen LogP contribution is 2.32. The van der Waals surface area contributed by atoms with Gasteiger partial charge in [0.05, 0.1) is 14.2 Å². The summed E-state index contributed by atoms with van der Waals surface area (Å²) in [4.78, 5) is 27.6. The Morgan fingerprint density at radius 3 is 2.60 bits per heavy atom. The van der Waals surface area contributed by atoms with E-state index in [0.29, 0.717) is 43.4 Å². The maximum Gasteiger partial charge on any atom is 0.325 e. The third-order valence-electron chi connectivity index (χ3n) is 3.96. The molecule has 0 aliphatic carbocycles. The van der Waals surface area contributed by atoms with Crippen molar-refractivity contribution in [1.82, 2.24) is 10.2 Å². The van der Waals surface area contributed by atoms with Crippen molar-refractivity contribution >= 4 is 17.6 Å². The molecule has 1 N–H and O–H groups in total. The maximum atomic E-state index is 12.6. The molecule has 1 fully saturated rings. The molecular weight excluding hydrogens is 326 g/mol. The average molecular weight is 351 g/mol. The molecule has 0 saturated carbocycles. The number of anilines is 1. The van der Waals surface area contributed by atoms with Crippen LogP contribution in [0.3, 0.4) is 0 Å². The first-order chi connectivity index (χ1) is 12.1. The molecule has 0 aromatic heterocycles. The zero-order valence-electron chi connectivity index (χ0n) is 14.9. The second kappa shape index (κ2) is 9.12. The van der Waals surface area contributed by atoms with Gasteiger partial charge in [-0.3, -0.25) is 9.69 Å². The molecule has 2 rings (SSSR count). The van der Waals surface area contributed by atoms with Crippen LogP contribution in [-0.4, -0.2) is 71.0 Å². The van der Waals surface area contributed by atoms with Gasteiger partial charge < -0.3 is 24.4 Å². The Hall–Kier alpha value is -2.48. The highest BCUT2D eigenvalue weighted by molar-refractivity contribution is 5.96. The quantitative estimate of drug-likeness (QED) is 0.674. The molecule has 8 nitrogen and oxygen atoms in total. The van der Waals surface area contributed by atoms with Crippen LogP contribution < -0.4 is 19.7 Å². The second-order valence-electron chi connectivity index (χ2n) is 5.59. The van der Waals surface area contributed by atoms with E-state index in [9.17, 15) is 9.59 Å². The molecule has 0 bridgehead atoms. The van der Waals surface area contributed by atoms with Gasteiger partial charge in [0.1, 0.15) is 6.54 Å². The SMILES string of the molecule is COCCCNC(=O)CN1CCN(c2ccc(OC)c(OC)c2)C1=O. The van der Waals surface area contributed by atoms with Crippen LogP contribution in [0, 0.1) is 0 Å². The number of urea groups is 1. The fraction of sp³-hybridized carbons (Fsp3) is 0.529. The van der Waals surface area contributed by atoms with E-state index in [1.807, 2.05) is 0 Å². The van der Waals surface area contributed by atoms with E-state index in [0.717, 1.165) is 6.42 Å². The summed E-state index contributed by atoms with van der Waals surface area (Å²) in [5.41, 5.74) is 0.714. The number of nitrogens with one attached hydrogen (secondary N) is 1. The molecule has 1 aliphatic heterocycles. The molecular formula is C17H25N3O5. The Labute approximate surface area is 147 Å². The highest BCUT2D eigenvalue weighted by Gasteiger charge is 2.31. The van der Waals surface area contributed by atoms with Crippen molar-refractivity contribution in [3.8, 4) is 11.5 Å². The number of methoxy groups -OCH3 is 3. The summed E-state index contributed by atoms with van der Waals surface area (Å²) < 4.78 is 15.4. The summed E-state index contributed by atoms with van der Waals surface area (Å²) >= 11 is 0. The predicted molar refractivity (Wildman–Crippen MR) is 93.4 cm³/mol. The standard InChI is InChI=1S/C17H25N3O5/c1-23-10-4-7-18-16(21)12-19-8-9-20(17(19)22)13-5-6-14(24-2)15(11-13)25-3/h5-6,11H,4,7-10,12H2,1-3H3,(H,18,21). The molecule has 0 radical (unpaired) electrons. The Kier molecular flexibility index (Phi) is 6.88. The predicted octanol–water partition coefficient (Wildman–Crippen LogP) is 1.10. The zero-order chi connectivity index (χ0) is 18.2. The molecule has 1 heterocycles. The van der Waals surface area contributed by atoms with Crippen molar-refractivity contribution in [3.63, 3.8) is 0 Å². The molecule has 0 unspecified atom stereocenters. The van der Waals surface area contributed by atoms with Crippen LogP contribution >= 0.6 is 0 Å². The van der Waals surface area contributed by atoms with E-state index in [4.69, 9.17) is 14.2 Å². The molecule has 1 aliphatic rings. The van der Waals surface area contributed by atoms with Crippen molar-refractivity contribution in [1.29, 1.82) is 0 Å². The Bertz CT molecular complexity index is 608. The van der Waals surface area contributed by atoms with Gasteiger partial charge in [0.15, 0.2) is 11.5 Å². The fourth-order valence-corrected chi connectivity index (χ4v) is 2.64. The Morgan fingerprint density at radius 1 is 1.16 bits per heavy atom. The first kappa shape index (κ1) is 18.9. The molecule has 25 heavy (non-hydrogen) atoms. The minimum absolute atomic E-state index is 0.0512. The maximum absolute atomic E-state index is 12.6. The number of hydrogen-bond acceptors (Lipinski definition) is 5. The molecule has 0 atom stereocenters. The first-order valence-electron chi connectivity index (χ1n) is 8.14. The van der Waals surface area contributed by atoms with Crippen LogP contribution in [0.25, 0.3) is 0 Å². The van der Waals surface area contributed by atoms with Crippen molar-refractivity contribution in [2.45, 2.75) is 6.42 Å². The van der Waals surface area contributed by atoms with Crippen molar-refractivity contribution < 1.29 is 23.8 Å². The van der Waals surface area contributed by atoms with E-state index in [1.54, 1.807) is 44.4 Å². The van der Waals surface area contributed by atoms with Gasteiger partial charge >= 0.3 is 6.03 Å². The molecule has 3 amide bonds. The van der Waals surface area contributed by atoms with E-state index in [2.05, 4.69) is 5.32 Å². The lowest BCUT2D eigenvalue weighted by atomic mass is 10.2. The number of carbonyl (C=O) groups is 2. The van der Waals surface area contributed by atoms with Crippen LogP contribution in [-0.2, 0) is 9.53 Å². The van der Waals surface area contributed by atoms with Gasteiger partial charge in [0.2, 0.25) is 5.91 Å². The number of carbonyl (C=O) groups excluding carboxylic acids is 2. The van der Waals surface area contributed by atoms with E-state index in [1.165, 1.54) is 4.90 Å². The number of rotatable bonds is 9. The van der Waals surface area contributed by atoms with Gasteiger partial charge in [0.25, 0.3) is 0 Å². The summed E-state index contributed by atoms with van der Waals surface area (Å²) in [5, 5.41) is 2.78. The van der Waals surface area contributed by atoms with Crippen molar-refractivity contribution in [2.24, 2.45) is 0 Å². The van der Waals surface area contributed by atoms with Crippen LogP contribution in [0.1, 0.15) is 6.42 Å². The van der Waals surface area contributed by atoms with Gasteiger partial charge in [-0.15, -0.1) is 0 Å². The second-order valence-corrected chi connectivity index (χ2v) is 5.59. The van der Waals surface area contributed by atoms with Gasteiger partial charge in [-0.05, 0) is 18.6 Å². The first-order valence-corrected chi connectivity index (χ1v) is 8.14.